The predicted molar refractivity (Wildman–Crippen MR) is 55.2 cm³/mol. The first-order valence-corrected chi connectivity index (χ1v) is 5.42. The second kappa shape index (κ2) is 3.92. The monoisotopic (exact) mass is 212 g/mol. The van der Waals surface area contributed by atoms with E-state index in [0.717, 1.165) is 17.9 Å². The summed E-state index contributed by atoms with van der Waals surface area (Å²) >= 11 is 1.56. The second-order valence-corrected chi connectivity index (χ2v) is 4.00. The highest BCUT2D eigenvalue weighted by atomic mass is 32.1. The largest absolute Gasteiger partial charge is 0.513 e. The molecule has 2 heterocycles. The molecule has 0 saturated heterocycles. The van der Waals surface area contributed by atoms with E-state index in [2.05, 4.69) is 6.58 Å². The summed E-state index contributed by atoms with van der Waals surface area (Å²) in [5.41, 5.74) is 0. The number of hydrogen-bond donors (Lipinski definition) is 1. The Kier molecular flexibility index (Phi) is 2.63. The SMILES string of the molecule is C=C(O)CCC1COc2cscc2O1. The lowest BCUT2D eigenvalue weighted by molar-refractivity contribution is 0.0843. The lowest BCUT2D eigenvalue weighted by Gasteiger charge is -2.24. The number of thiophene rings is 1. The maximum absolute atomic E-state index is 8.95. The van der Waals surface area contributed by atoms with Gasteiger partial charge in [-0.3, -0.25) is 0 Å². The van der Waals surface area contributed by atoms with Crippen LogP contribution in [0.25, 0.3) is 0 Å². The Morgan fingerprint density at radius 3 is 3.14 bits per heavy atom. The zero-order valence-electron chi connectivity index (χ0n) is 7.73. The first-order chi connectivity index (χ1) is 6.75. The number of ether oxygens (including phenoxy) is 2. The van der Waals surface area contributed by atoms with E-state index in [1.165, 1.54) is 0 Å². The summed E-state index contributed by atoms with van der Waals surface area (Å²) in [6.45, 7) is 3.99. The summed E-state index contributed by atoms with van der Waals surface area (Å²) in [5, 5.41) is 12.8. The van der Waals surface area contributed by atoms with E-state index in [4.69, 9.17) is 14.6 Å². The fourth-order valence-corrected chi connectivity index (χ4v) is 2.00. The van der Waals surface area contributed by atoms with Crippen LogP contribution in [0.3, 0.4) is 0 Å². The third-order valence-electron chi connectivity index (χ3n) is 2.07. The molecule has 2 rings (SSSR count). The van der Waals surface area contributed by atoms with Crippen molar-refractivity contribution < 1.29 is 14.6 Å². The average molecular weight is 212 g/mol. The third-order valence-corrected chi connectivity index (χ3v) is 2.77. The van der Waals surface area contributed by atoms with Crippen molar-refractivity contribution in [2.45, 2.75) is 18.9 Å². The lowest BCUT2D eigenvalue weighted by Crippen LogP contribution is -2.28. The van der Waals surface area contributed by atoms with Gasteiger partial charge >= 0.3 is 0 Å². The molecule has 1 aromatic heterocycles. The molecule has 1 unspecified atom stereocenters. The Labute approximate surface area is 86.6 Å². The number of hydrogen-bond acceptors (Lipinski definition) is 4. The third kappa shape index (κ3) is 2.01. The van der Waals surface area contributed by atoms with E-state index in [-0.39, 0.29) is 11.9 Å². The molecule has 3 nitrogen and oxygen atoms in total. The summed E-state index contributed by atoms with van der Waals surface area (Å²) in [6, 6.07) is 0. The summed E-state index contributed by atoms with van der Waals surface area (Å²) < 4.78 is 11.1. The topological polar surface area (TPSA) is 38.7 Å². The highest BCUT2D eigenvalue weighted by Crippen LogP contribution is 2.35. The van der Waals surface area contributed by atoms with Gasteiger partial charge < -0.3 is 14.6 Å². The van der Waals surface area contributed by atoms with Gasteiger partial charge in [-0.05, 0) is 6.42 Å². The molecular weight excluding hydrogens is 200 g/mol. The fourth-order valence-electron chi connectivity index (χ4n) is 1.33. The van der Waals surface area contributed by atoms with Crippen LogP contribution in [0.1, 0.15) is 12.8 Å². The Morgan fingerprint density at radius 2 is 2.36 bits per heavy atom. The van der Waals surface area contributed by atoms with Gasteiger partial charge in [-0.25, -0.2) is 0 Å². The van der Waals surface area contributed by atoms with Crippen molar-refractivity contribution in [1.82, 2.24) is 0 Å². The molecule has 0 spiro atoms. The number of allylic oxidation sites excluding steroid dienone is 1. The van der Waals surface area contributed by atoms with Gasteiger partial charge in [0.2, 0.25) is 0 Å². The smallest absolute Gasteiger partial charge is 0.172 e. The first kappa shape index (κ1) is 9.40. The zero-order valence-corrected chi connectivity index (χ0v) is 8.55. The van der Waals surface area contributed by atoms with Crippen LogP contribution in [-0.2, 0) is 0 Å². The van der Waals surface area contributed by atoms with Gasteiger partial charge in [0.1, 0.15) is 12.7 Å². The van der Waals surface area contributed by atoms with E-state index < -0.39 is 0 Å². The minimum atomic E-state index is 0.0287. The van der Waals surface area contributed by atoms with Gasteiger partial charge in [-0.1, -0.05) is 6.58 Å². The normalized spacial score (nSPS) is 19.3. The quantitative estimate of drug-likeness (QED) is 0.783. The van der Waals surface area contributed by atoms with Crippen molar-refractivity contribution in [2.24, 2.45) is 0 Å². The van der Waals surface area contributed by atoms with Crippen molar-refractivity contribution >= 4 is 11.3 Å². The standard InChI is InChI=1S/C10H12O3S/c1-7(11)2-3-8-4-12-9-5-14-6-10(9)13-8/h5-6,8,11H,1-4H2. The molecule has 0 radical (unpaired) electrons. The van der Waals surface area contributed by atoms with E-state index in [1.807, 2.05) is 10.8 Å². The van der Waals surface area contributed by atoms with Gasteiger partial charge in [0.15, 0.2) is 11.5 Å². The molecule has 1 aliphatic heterocycles. The number of aliphatic hydroxyl groups excluding tert-OH is 1. The van der Waals surface area contributed by atoms with Crippen molar-refractivity contribution in [3.8, 4) is 11.5 Å². The zero-order chi connectivity index (χ0) is 9.97. The van der Waals surface area contributed by atoms with Crippen LogP contribution in [0.5, 0.6) is 11.5 Å². The van der Waals surface area contributed by atoms with Crippen LogP contribution >= 0.6 is 11.3 Å². The first-order valence-electron chi connectivity index (χ1n) is 4.48. The van der Waals surface area contributed by atoms with Crippen LogP contribution in [0, 0.1) is 0 Å². The van der Waals surface area contributed by atoms with Crippen LogP contribution in [-0.4, -0.2) is 17.8 Å². The van der Waals surface area contributed by atoms with E-state index >= 15 is 0 Å². The van der Waals surface area contributed by atoms with Gasteiger partial charge in [0.05, 0.1) is 5.76 Å². The average Bonchev–Trinajstić information content (AvgIpc) is 2.61. The second-order valence-electron chi connectivity index (χ2n) is 3.26. The Morgan fingerprint density at radius 1 is 1.57 bits per heavy atom. The molecule has 14 heavy (non-hydrogen) atoms. The number of aliphatic hydroxyl groups is 1. The highest BCUT2D eigenvalue weighted by molar-refractivity contribution is 7.08. The maximum Gasteiger partial charge on any atom is 0.172 e. The Hall–Kier alpha value is -1.16. The highest BCUT2D eigenvalue weighted by Gasteiger charge is 2.21. The number of rotatable bonds is 3. The molecule has 0 aromatic carbocycles. The molecule has 0 aliphatic carbocycles. The van der Waals surface area contributed by atoms with E-state index in [1.54, 1.807) is 11.3 Å². The van der Waals surface area contributed by atoms with Gasteiger partial charge in [-0.2, -0.15) is 0 Å². The summed E-state index contributed by atoms with van der Waals surface area (Å²) in [7, 11) is 0. The Bertz CT molecular complexity index is 332. The molecule has 76 valence electrons. The maximum atomic E-state index is 8.95. The van der Waals surface area contributed by atoms with Crippen molar-refractivity contribution in [3.05, 3.63) is 23.1 Å². The van der Waals surface area contributed by atoms with E-state index in [9.17, 15) is 0 Å². The molecule has 1 aliphatic rings. The van der Waals surface area contributed by atoms with Crippen LogP contribution in [0.4, 0.5) is 0 Å². The molecule has 0 saturated carbocycles. The summed E-state index contributed by atoms with van der Waals surface area (Å²) in [5.74, 6) is 1.84. The molecule has 1 N–H and O–H groups in total. The molecule has 0 amide bonds. The molecule has 1 aromatic rings. The van der Waals surface area contributed by atoms with Crippen molar-refractivity contribution in [2.75, 3.05) is 6.61 Å². The minimum absolute atomic E-state index is 0.0287. The van der Waals surface area contributed by atoms with Gasteiger partial charge in [0.25, 0.3) is 0 Å². The van der Waals surface area contributed by atoms with Crippen molar-refractivity contribution in [1.29, 1.82) is 0 Å². The van der Waals surface area contributed by atoms with Crippen LogP contribution < -0.4 is 9.47 Å². The predicted octanol–water partition coefficient (Wildman–Crippen LogP) is 2.74. The van der Waals surface area contributed by atoms with Gasteiger partial charge in [-0.15, -0.1) is 11.3 Å². The lowest BCUT2D eigenvalue weighted by atomic mass is 10.2. The van der Waals surface area contributed by atoms with Crippen LogP contribution in [0.2, 0.25) is 0 Å². The number of fused-ring (bicyclic) bond motifs is 1. The molecule has 4 heteroatoms. The summed E-state index contributed by atoms with van der Waals surface area (Å²) in [6.07, 6.45) is 1.33. The molecule has 0 bridgehead atoms. The van der Waals surface area contributed by atoms with Gasteiger partial charge in [0, 0.05) is 17.2 Å². The van der Waals surface area contributed by atoms with E-state index in [0.29, 0.717) is 13.0 Å². The minimum Gasteiger partial charge on any atom is -0.513 e. The molecule has 0 fully saturated rings. The summed E-state index contributed by atoms with van der Waals surface area (Å²) in [4.78, 5) is 0. The fraction of sp³-hybridized carbons (Fsp3) is 0.400. The molecule has 1 atom stereocenters. The van der Waals surface area contributed by atoms with Crippen LogP contribution in [0.15, 0.2) is 23.1 Å². The molecular formula is C10H12O3S. The van der Waals surface area contributed by atoms with Crippen molar-refractivity contribution in [3.63, 3.8) is 0 Å². The Balaban J connectivity index is 1.91.